The van der Waals surface area contributed by atoms with Crippen molar-refractivity contribution in [2.45, 2.75) is 25.9 Å². The van der Waals surface area contributed by atoms with Crippen molar-refractivity contribution in [2.24, 2.45) is 7.05 Å². The summed E-state index contributed by atoms with van der Waals surface area (Å²) in [5.41, 5.74) is 2.37. The van der Waals surface area contributed by atoms with Gasteiger partial charge in [-0.3, -0.25) is 9.48 Å². The van der Waals surface area contributed by atoms with Crippen molar-refractivity contribution >= 4 is 17.6 Å². The van der Waals surface area contributed by atoms with Gasteiger partial charge >= 0.3 is 5.97 Å². The molecule has 132 valence electrons. The summed E-state index contributed by atoms with van der Waals surface area (Å²) < 4.78 is 1.35. The number of rotatable bonds is 3. The van der Waals surface area contributed by atoms with Crippen molar-refractivity contribution in [1.29, 1.82) is 0 Å². The van der Waals surface area contributed by atoms with Gasteiger partial charge in [0.15, 0.2) is 5.69 Å². The molecular weight excluding hydrogens is 320 g/mol. The zero-order valence-corrected chi connectivity index (χ0v) is 14.6. The van der Waals surface area contributed by atoms with Gasteiger partial charge in [-0.05, 0) is 18.1 Å². The first-order valence-corrected chi connectivity index (χ1v) is 8.29. The maximum Gasteiger partial charge on any atom is 0.356 e. The average molecular weight is 342 g/mol. The number of aromatic carboxylic acids is 1. The number of nitrogens with zero attached hydrogens (tertiary/aromatic N) is 4. The number of likely N-dealkylation sites (N-methyl/N-ethyl adjacent to an activating group) is 1. The number of para-hydroxylation sites is 1. The number of carboxylic acids is 1. The molecule has 1 amide bonds. The van der Waals surface area contributed by atoms with E-state index in [2.05, 4.69) is 23.0 Å². The molecule has 25 heavy (non-hydrogen) atoms. The van der Waals surface area contributed by atoms with Gasteiger partial charge in [-0.2, -0.15) is 5.10 Å². The quantitative estimate of drug-likeness (QED) is 0.923. The van der Waals surface area contributed by atoms with E-state index in [1.807, 2.05) is 30.1 Å². The summed E-state index contributed by atoms with van der Waals surface area (Å²) in [6.45, 7) is 3.27. The number of hydrogen-bond donors (Lipinski definition) is 1. The molecule has 2 aromatic rings. The van der Waals surface area contributed by atoms with Crippen molar-refractivity contribution in [1.82, 2.24) is 14.7 Å². The molecule has 0 saturated carbocycles. The largest absolute Gasteiger partial charge is 0.476 e. The number of amides is 1. The Morgan fingerprint density at radius 1 is 1.28 bits per heavy atom. The van der Waals surface area contributed by atoms with Gasteiger partial charge in [0, 0.05) is 45.0 Å². The van der Waals surface area contributed by atoms with Gasteiger partial charge < -0.3 is 14.9 Å². The van der Waals surface area contributed by atoms with Crippen LogP contribution in [0, 0.1) is 0 Å². The molecule has 0 fully saturated rings. The summed E-state index contributed by atoms with van der Waals surface area (Å²) in [7, 11) is 3.63. The second-order valence-electron chi connectivity index (χ2n) is 6.35. The minimum atomic E-state index is -1.14. The van der Waals surface area contributed by atoms with Gasteiger partial charge in [0.2, 0.25) is 0 Å². The molecule has 1 aliphatic heterocycles. The van der Waals surface area contributed by atoms with Gasteiger partial charge in [0.05, 0.1) is 0 Å². The number of anilines is 1. The lowest BCUT2D eigenvalue weighted by Crippen LogP contribution is -2.44. The van der Waals surface area contributed by atoms with Crippen LogP contribution in [0.1, 0.15) is 39.9 Å². The first-order valence-electron chi connectivity index (χ1n) is 8.29. The van der Waals surface area contributed by atoms with Crippen LogP contribution < -0.4 is 4.90 Å². The average Bonchev–Trinajstić information content (AvgIpc) is 2.92. The molecule has 0 saturated heterocycles. The number of carbonyl (C=O) groups is 2. The Bertz CT molecular complexity index is 814. The molecule has 0 aliphatic carbocycles. The third kappa shape index (κ3) is 3.09. The predicted octanol–water partition coefficient (Wildman–Crippen LogP) is 1.99. The molecule has 7 heteroatoms. The highest BCUT2D eigenvalue weighted by Crippen LogP contribution is 2.28. The molecule has 1 aromatic heterocycles. The molecule has 7 nitrogen and oxygen atoms in total. The first kappa shape index (κ1) is 17.0. The van der Waals surface area contributed by atoms with E-state index in [1.165, 1.54) is 10.7 Å². The Labute approximate surface area is 146 Å². The summed E-state index contributed by atoms with van der Waals surface area (Å²) in [6, 6.07) is 9.42. The van der Waals surface area contributed by atoms with E-state index in [9.17, 15) is 9.59 Å². The molecule has 2 heterocycles. The van der Waals surface area contributed by atoms with Crippen LogP contribution in [0.4, 0.5) is 5.69 Å². The van der Waals surface area contributed by atoms with Gasteiger partial charge in [0.25, 0.3) is 5.91 Å². The Hall–Kier alpha value is -2.83. The fraction of sp³-hybridized carbons (Fsp3) is 0.389. The summed E-state index contributed by atoms with van der Waals surface area (Å²) >= 11 is 0. The molecule has 1 unspecified atom stereocenters. The smallest absolute Gasteiger partial charge is 0.356 e. The number of aromatic nitrogens is 2. The molecule has 0 radical (unpaired) electrons. The third-order valence-electron chi connectivity index (χ3n) is 4.72. The van der Waals surface area contributed by atoms with E-state index < -0.39 is 5.97 Å². The monoisotopic (exact) mass is 342 g/mol. The molecule has 1 atom stereocenters. The van der Waals surface area contributed by atoms with Crippen LogP contribution in [-0.4, -0.2) is 51.3 Å². The van der Waals surface area contributed by atoms with Crippen molar-refractivity contribution in [3.8, 4) is 0 Å². The molecule has 1 aliphatic rings. The number of benzene rings is 1. The number of carbonyl (C=O) groups excluding carboxylic acids is 1. The van der Waals surface area contributed by atoms with E-state index in [4.69, 9.17) is 5.11 Å². The maximum absolute atomic E-state index is 13.1. The Balaban J connectivity index is 1.99. The van der Waals surface area contributed by atoms with Crippen LogP contribution in [-0.2, 0) is 13.6 Å². The van der Waals surface area contributed by atoms with Gasteiger partial charge in [-0.25, -0.2) is 4.79 Å². The minimum Gasteiger partial charge on any atom is -0.476 e. The fourth-order valence-electron chi connectivity index (χ4n) is 3.35. The van der Waals surface area contributed by atoms with Gasteiger partial charge in [-0.15, -0.1) is 0 Å². The van der Waals surface area contributed by atoms with E-state index in [1.54, 1.807) is 7.05 Å². The summed E-state index contributed by atoms with van der Waals surface area (Å²) in [5.74, 6) is -1.33. The maximum atomic E-state index is 13.1. The van der Waals surface area contributed by atoms with Crippen LogP contribution in [0.25, 0.3) is 0 Å². The number of aryl methyl sites for hydroxylation is 1. The number of hydrogen-bond acceptors (Lipinski definition) is 4. The molecule has 1 N–H and O–H groups in total. The lowest BCUT2D eigenvalue weighted by Gasteiger charge is -2.30. The number of fused-ring (bicyclic) bond motifs is 1. The SMILES string of the molecule is CCC1CN(C)c2ccccc2CN1C(=O)c1cc(C(=O)O)nn1C. The van der Waals surface area contributed by atoms with E-state index >= 15 is 0 Å². The Morgan fingerprint density at radius 2 is 2.00 bits per heavy atom. The standard InChI is InChI=1S/C18H22N4O3/c1-4-13-11-20(2)15-8-6-5-7-12(15)10-22(13)17(23)16-9-14(18(24)25)19-21(16)3/h5-9,13H,4,10-11H2,1-3H3,(H,24,25). The predicted molar refractivity (Wildman–Crippen MR) is 93.8 cm³/mol. The normalized spacial score (nSPS) is 17.2. The zero-order chi connectivity index (χ0) is 18.1. The molecule has 0 spiro atoms. The van der Waals surface area contributed by atoms with Crippen LogP contribution in [0.5, 0.6) is 0 Å². The van der Waals surface area contributed by atoms with Crippen LogP contribution in [0.3, 0.4) is 0 Å². The van der Waals surface area contributed by atoms with Crippen LogP contribution in [0.15, 0.2) is 30.3 Å². The first-order chi connectivity index (χ1) is 11.9. The fourth-order valence-corrected chi connectivity index (χ4v) is 3.35. The summed E-state index contributed by atoms with van der Waals surface area (Å²) in [6.07, 6.45) is 0.813. The topological polar surface area (TPSA) is 78.7 Å². The van der Waals surface area contributed by atoms with Crippen LogP contribution in [0.2, 0.25) is 0 Å². The minimum absolute atomic E-state index is 0.0353. The Kier molecular flexibility index (Phi) is 4.48. The van der Waals surface area contributed by atoms with Crippen molar-refractivity contribution in [2.75, 3.05) is 18.5 Å². The highest BCUT2D eigenvalue weighted by Gasteiger charge is 2.31. The van der Waals surface area contributed by atoms with Crippen molar-refractivity contribution in [3.05, 3.63) is 47.3 Å². The highest BCUT2D eigenvalue weighted by atomic mass is 16.4. The van der Waals surface area contributed by atoms with Crippen molar-refractivity contribution < 1.29 is 14.7 Å². The third-order valence-corrected chi connectivity index (χ3v) is 4.72. The van der Waals surface area contributed by atoms with Crippen LogP contribution >= 0.6 is 0 Å². The van der Waals surface area contributed by atoms with E-state index in [-0.39, 0.29) is 23.3 Å². The van der Waals surface area contributed by atoms with Crippen molar-refractivity contribution in [3.63, 3.8) is 0 Å². The number of carboxylic acid groups (broad SMARTS) is 1. The molecular formula is C18H22N4O3. The second kappa shape index (κ2) is 6.58. The zero-order valence-electron chi connectivity index (χ0n) is 14.6. The lowest BCUT2D eigenvalue weighted by atomic mass is 10.1. The highest BCUT2D eigenvalue weighted by molar-refractivity contribution is 5.96. The summed E-state index contributed by atoms with van der Waals surface area (Å²) in [5, 5.41) is 13.0. The second-order valence-corrected chi connectivity index (χ2v) is 6.35. The molecule has 1 aromatic carbocycles. The molecule has 3 rings (SSSR count). The van der Waals surface area contributed by atoms with E-state index in [0.717, 1.165) is 24.2 Å². The summed E-state index contributed by atoms with van der Waals surface area (Å²) in [4.78, 5) is 28.3. The van der Waals surface area contributed by atoms with Gasteiger partial charge in [-0.1, -0.05) is 25.1 Å². The van der Waals surface area contributed by atoms with E-state index in [0.29, 0.717) is 6.54 Å². The van der Waals surface area contributed by atoms with Gasteiger partial charge in [0.1, 0.15) is 5.69 Å². The Morgan fingerprint density at radius 3 is 2.64 bits per heavy atom. The lowest BCUT2D eigenvalue weighted by molar-refractivity contribution is 0.0654. The molecule has 0 bridgehead atoms.